The molecule has 0 aromatic rings. The summed E-state index contributed by atoms with van der Waals surface area (Å²) >= 11 is 0. The quantitative estimate of drug-likeness (QED) is 0.0195. The van der Waals surface area contributed by atoms with E-state index in [4.69, 9.17) is 18.5 Å². The van der Waals surface area contributed by atoms with Crippen LogP contribution in [0, 0.1) is 0 Å². The second-order valence-corrected chi connectivity index (χ2v) is 25.2. The highest BCUT2D eigenvalue weighted by molar-refractivity contribution is 7.45. The predicted molar refractivity (Wildman–Crippen MR) is 351 cm³/mol. The van der Waals surface area contributed by atoms with E-state index in [2.05, 4.69) is 111 Å². The summed E-state index contributed by atoms with van der Waals surface area (Å²) in [5.41, 5.74) is 0. The van der Waals surface area contributed by atoms with Crippen molar-refractivity contribution in [2.45, 2.75) is 302 Å². The zero-order chi connectivity index (χ0) is 59.8. The summed E-state index contributed by atoms with van der Waals surface area (Å²) in [6.07, 6.45) is 86.2. The third kappa shape index (κ3) is 66.1. The fourth-order valence-corrected chi connectivity index (χ4v) is 10.2. The lowest BCUT2D eigenvalue weighted by atomic mass is 10.0. The van der Waals surface area contributed by atoms with Gasteiger partial charge in [-0.05, 0) is 89.9 Å². The maximum Gasteiger partial charge on any atom is 0.306 e. The fraction of sp³-hybridized carbons (Fsp3) is 0.750. The van der Waals surface area contributed by atoms with Gasteiger partial charge in [0.15, 0.2) is 6.10 Å². The molecule has 0 aliphatic heterocycles. The van der Waals surface area contributed by atoms with E-state index in [0.717, 1.165) is 89.9 Å². The molecule has 0 aromatic heterocycles. The van der Waals surface area contributed by atoms with Crippen molar-refractivity contribution in [3.05, 3.63) is 97.2 Å². The van der Waals surface area contributed by atoms with Crippen LogP contribution in [-0.4, -0.2) is 70.0 Å². The van der Waals surface area contributed by atoms with E-state index in [1.165, 1.54) is 173 Å². The van der Waals surface area contributed by atoms with Crippen LogP contribution >= 0.6 is 7.82 Å². The molecule has 2 atom stereocenters. The van der Waals surface area contributed by atoms with Gasteiger partial charge in [0.25, 0.3) is 7.82 Å². The number of esters is 2. The Morgan fingerprint density at radius 2 is 0.659 bits per heavy atom. The Balaban J connectivity index is 4.04. The van der Waals surface area contributed by atoms with Gasteiger partial charge in [-0.15, -0.1) is 0 Å². The minimum absolute atomic E-state index is 0.0326. The summed E-state index contributed by atoms with van der Waals surface area (Å²) in [7, 11) is 1.17. The molecule has 0 N–H and O–H groups in total. The number of hydrogen-bond donors (Lipinski definition) is 0. The average Bonchev–Trinajstić information content (AvgIpc) is 3.46. The van der Waals surface area contributed by atoms with Gasteiger partial charge in [-0.3, -0.25) is 14.2 Å². The largest absolute Gasteiger partial charge is 0.756 e. The number of carbonyl (C=O) groups excluding carboxylic acids is 2. The summed E-state index contributed by atoms with van der Waals surface area (Å²) in [6, 6.07) is 0. The topological polar surface area (TPSA) is 111 Å². The van der Waals surface area contributed by atoms with E-state index < -0.39 is 26.5 Å². The van der Waals surface area contributed by atoms with E-state index in [0.29, 0.717) is 17.4 Å². The predicted octanol–water partition coefficient (Wildman–Crippen LogP) is 21.3. The van der Waals surface area contributed by atoms with Gasteiger partial charge in [-0.2, -0.15) is 0 Å². The maximum atomic E-state index is 12.9. The number of quaternary nitrogens is 1. The molecular weight excluding hydrogens is 1040 g/mol. The summed E-state index contributed by atoms with van der Waals surface area (Å²) in [5, 5.41) is 0. The molecule has 0 aliphatic rings. The number of carbonyl (C=O) groups is 2. The van der Waals surface area contributed by atoms with Crippen molar-refractivity contribution < 1.29 is 42.1 Å². The van der Waals surface area contributed by atoms with Gasteiger partial charge in [-0.1, -0.05) is 291 Å². The Morgan fingerprint density at radius 1 is 0.378 bits per heavy atom. The number of ether oxygens (including phenoxy) is 2. The van der Waals surface area contributed by atoms with Gasteiger partial charge >= 0.3 is 11.9 Å². The molecule has 0 saturated heterocycles. The van der Waals surface area contributed by atoms with Crippen molar-refractivity contribution in [3.63, 3.8) is 0 Å². The highest BCUT2D eigenvalue weighted by Crippen LogP contribution is 2.38. The third-order valence-electron chi connectivity index (χ3n) is 14.6. The normalized spacial score (nSPS) is 13.8. The number of phosphoric ester groups is 1. The van der Waals surface area contributed by atoms with Crippen molar-refractivity contribution in [1.29, 1.82) is 0 Å². The smallest absolute Gasteiger partial charge is 0.306 e. The molecule has 0 bridgehead atoms. The van der Waals surface area contributed by atoms with Gasteiger partial charge in [0.2, 0.25) is 0 Å². The summed E-state index contributed by atoms with van der Waals surface area (Å²) in [5.74, 6) is -0.825. The maximum absolute atomic E-state index is 12.9. The van der Waals surface area contributed by atoms with Crippen molar-refractivity contribution in [3.8, 4) is 0 Å². The number of phosphoric acid groups is 1. The molecule has 0 aliphatic carbocycles. The Bertz CT molecular complexity index is 1710. The Hall–Kier alpha value is -3.07. The van der Waals surface area contributed by atoms with Crippen LogP contribution in [0.25, 0.3) is 0 Å². The molecule has 2 unspecified atom stereocenters. The second kappa shape index (κ2) is 62.5. The summed E-state index contributed by atoms with van der Waals surface area (Å²) < 4.78 is 34.3. The minimum atomic E-state index is -4.64. The molecule has 0 fully saturated rings. The lowest BCUT2D eigenvalue weighted by Crippen LogP contribution is -2.37. The number of nitrogens with zero attached hydrogens (tertiary/aromatic N) is 1. The van der Waals surface area contributed by atoms with E-state index >= 15 is 0 Å². The Morgan fingerprint density at radius 3 is 0.976 bits per heavy atom. The molecule has 474 valence electrons. The van der Waals surface area contributed by atoms with Crippen LogP contribution in [-0.2, 0) is 32.7 Å². The van der Waals surface area contributed by atoms with Crippen LogP contribution in [0.4, 0.5) is 0 Å². The number of unbranched alkanes of at least 4 members (excludes halogenated alkanes) is 32. The SMILES string of the molecule is CC/C=C\C/C=C\C/C=C\C/C=C\CCCCCCCCCCCCCCCCCCCCC(=O)OC(COC(=O)CCCCCCCCCCCCCCCC/C=C\C/C=C\C/C=C\C/C=C\CC)COP(=O)([O-])OCC[N+](C)(C)C. The Labute approximate surface area is 506 Å². The summed E-state index contributed by atoms with van der Waals surface area (Å²) in [6.45, 7) is 4.05. The number of hydrogen-bond acceptors (Lipinski definition) is 8. The van der Waals surface area contributed by atoms with E-state index in [1.54, 1.807) is 0 Å². The van der Waals surface area contributed by atoms with Crippen molar-refractivity contribution in [2.24, 2.45) is 0 Å². The first-order valence-corrected chi connectivity index (χ1v) is 35.4. The molecule has 0 aromatic carbocycles. The molecule has 0 saturated carbocycles. The first kappa shape index (κ1) is 78.9. The molecule has 0 spiro atoms. The Kier molecular flexibility index (Phi) is 60.1. The van der Waals surface area contributed by atoms with Gasteiger partial charge in [0, 0.05) is 12.8 Å². The molecule has 10 heteroatoms. The van der Waals surface area contributed by atoms with Crippen molar-refractivity contribution in [2.75, 3.05) is 47.5 Å². The fourth-order valence-electron chi connectivity index (χ4n) is 9.47. The van der Waals surface area contributed by atoms with Gasteiger partial charge in [-0.25, -0.2) is 0 Å². The molecule has 9 nitrogen and oxygen atoms in total. The molecule has 0 radical (unpaired) electrons. The van der Waals surface area contributed by atoms with E-state index in [1.807, 2.05) is 21.1 Å². The van der Waals surface area contributed by atoms with Crippen molar-refractivity contribution >= 4 is 19.8 Å². The van der Waals surface area contributed by atoms with E-state index in [-0.39, 0.29) is 32.0 Å². The number of allylic oxidation sites excluding steroid dienone is 16. The number of rotatable bonds is 62. The first-order valence-electron chi connectivity index (χ1n) is 33.9. The van der Waals surface area contributed by atoms with E-state index in [9.17, 15) is 19.0 Å². The third-order valence-corrected chi connectivity index (χ3v) is 15.6. The van der Waals surface area contributed by atoms with Crippen LogP contribution in [0.2, 0.25) is 0 Å². The molecule has 0 heterocycles. The molecule has 82 heavy (non-hydrogen) atoms. The van der Waals surface area contributed by atoms with Crippen LogP contribution in [0.5, 0.6) is 0 Å². The highest BCUT2D eigenvalue weighted by Gasteiger charge is 2.22. The second-order valence-electron chi connectivity index (χ2n) is 23.8. The first-order chi connectivity index (χ1) is 40.0. The van der Waals surface area contributed by atoms with Crippen LogP contribution in [0.15, 0.2) is 97.2 Å². The van der Waals surface area contributed by atoms with Gasteiger partial charge < -0.3 is 27.9 Å². The summed E-state index contributed by atoms with van der Waals surface area (Å²) in [4.78, 5) is 38.1. The lowest BCUT2D eigenvalue weighted by molar-refractivity contribution is -0.870. The van der Waals surface area contributed by atoms with Crippen molar-refractivity contribution in [1.82, 2.24) is 0 Å². The average molecular weight is 1170 g/mol. The highest BCUT2D eigenvalue weighted by atomic mass is 31.2. The lowest BCUT2D eigenvalue weighted by Gasteiger charge is -2.28. The van der Waals surface area contributed by atoms with Gasteiger partial charge in [0.05, 0.1) is 27.7 Å². The van der Waals surface area contributed by atoms with Crippen LogP contribution < -0.4 is 4.89 Å². The monoisotopic (exact) mass is 1170 g/mol. The molecule has 0 rings (SSSR count). The zero-order valence-corrected chi connectivity index (χ0v) is 54.8. The number of likely N-dealkylation sites (N-methyl/N-ethyl adjacent to an activating group) is 1. The zero-order valence-electron chi connectivity index (χ0n) is 53.9. The minimum Gasteiger partial charge on any atom is -0.756 e. The molecule has 0 amide bonds. The molecular formula is C72H128NO8P. The van der Waals surface area contributed by atoms with Crippen LogP contribution in [0.1, 0.15) is 296 Å². The van der Waals surface area contributed by atoms with Gasteiger partial charge in [0.1, 0.15) is 19.8 Å². The standard InChI is InChI=1S/C72H128NO8P/c1-6-8-10-12-14-16-18-20-22-24-26-28-30-32-34-35-36-37-39-41-43-45-47-49-51-53-55-57-59-61-63-65-72(75)81-70(69-80-82(76,77)79-67-66-73(3,4)5)68-78-71(74)64-62-60-58-56-54-52-50-48-46-44-42-40-38-33-31-29-27-25-23-21-19-17-15-13-11-9-7-2/h8-11,14-17,20-23,26-29,70H,6-7,12-13,18-19,24-25,30-69H2,1-5H3/b10-8-,11-9-,16-14-,17-15-,22-20-,23-21-,28-26-,29-27-. The van der Waals surface area contributed by atoms with Crippen LogP contribution in [0.3, 0.4) is 0 Å².